The van der Waals surface area contributed by atoms with Gasteiger partial charge >= 0.3 is 0 Å². The molecule has 8 nitrogen and oxygen atoms in total. The molecule has 8 heteroatoms. The summed E-state index contributed by atoms with van der Waals surface area (Å²) in [5.74, 6) is -0.895. The average Bonchev–Trinajstić information content (AvgIpc) is 3.33. The molecular weight excluding hydrogens is 384 g/mol. The minimum absolute atomic E-state index is 0.0966. The van der Waals surface area contributed by atoms with Gasteiger partial charge in [-0.2, -0.15) is 0 Å². The average molecular weight is 412 g/mol. The standard InChI is InChI=1S/C22H28N4O4/c1-22(2,12-24(3)4)11-23-16-8-7-15(10-17(16)26(29)30)25-20(27)18-13-5-6-14(9-13)19(18)21(25)28/h5-8,10,13-14,18-19,23H,9,11-12H2,1-4H3/t13-,14-,18+,19+/m0/s1. The molecule has 1 aliphatic heterocycles. The summed E-state index contributed by atoms with van der Waals surface area (Å²) >= 11 is 0. The number of anilines is 2. The molecule has 4 atom stereocenters. The van der Waals surface area contributed by atoms with E-state index in [0.717, 1.165) is 17.9 Å². The van der Waals surface area contributed by atoms with Crippen molar-refractivity contribution in [2.45, 2.75) is 20.3 Å². The first-order valence-corrected chi connectivity index (χ1v) is 10.3. The van der Waals surface area contributed by atoms with Crippen molar-refractivity contribution in [2.75, 3.05) is 37.4 Å². The Labute approximate surface area is 176 Å². The van der Waals surface area contributed by atoms with E-state index in [-0.39, 0.29) is 52.3 Å². The molecule has 2 aliphatic carbocycles. The summed E-state index contributed by atoms with van der Waals surface area (Å²) in [7, 11) is 3.97. The second-order valence-corrected chi connectivity index (χ2v) is 9.73. The lowest BCUT2D eigenvalue weighted by Crippen LogP contribution is -2.34. The number of allylic oxidation sites excluding steroid dienone is 2. The third-order valence-corrected chi connectivity index (χ3v) is 6.41. The first-order chi connectivity index (χ1) is 14.1. The van der Waals surface area contributed by atoms with E-state index in [2.05, 4.69) is 24.1 Å². The van der Waals surface area contributed by atoms with Gasteiger partial charge in [0.1, 0.15) is 5.69 Å². The van der Waals surface area contributed by atoms with Crippen LogP contribution in [0.2, 0.25) is 0 Å². The van der Waals surface area contributed by atoms with Gasteiger partial charge in [0.15, 0.2) is 0 Å². The number of carbonyl (C=O) groups is 2. The predicted molar refractivity (Wildman–Crippen MR) is 114 cm³/mol. The molecule has 1 aromatic rings. The van der Waals surface area contributed by atoms with Crippen molar-refractivity contribution in [2.24, 2.45) is 29.1 Å². The highest BCUT2D eigenvalue weighted by molar-refractivity contribution is 6.23. The van der Waals surface area contributed by atoms with E-state index in [9.17, 15) is 19.7 Å². The molecule has 1 aromatic carbocycles. The molecule has 2 bridgehead atoms. The van der Waals surface area contributed by atoms with Gasteiger partial charge in [-0.1, -0.05) is 26.0 Å². The van der Waals surface area contributed by atoms with E-state index < -0.39 is 4.92 Å². The molecule has 1 saturated heterocycles. The fraction of sp³-hybridized carbons (Fsp3) is 0.545. The molecule has 0 aromatic heterocycles. The number of nitro groups is 1. The number of fused-ring (bicyclic) bond motifs is 5. The van der Waals surface area contributed by atoms with Crippen LogP contribution >= 0.6 is 0 Å². The lowest BCUT2D eigenvalue weighted by Gasteiger charge is -2.29. The number of benzene rings is 1. The smallest absolute Gasteiger partial charge is 0.294 e. The number of hydrogen-bond donors (Lipinski definition) is 1. The van der Waals surface area contributed by atoms with Crippen LogP contribution in [0.4, 0.5) is 17.1 Å². The van der Waals surface area contributed by atoms with Crippen LogP contribution in [0, 0.1) is 39.2 Å². The zero-order chi connectivity index (χ0) is 21.8. The Morgan fingerprint density at radius 3 is 2.30 bits per heavy atom. The van der Waals surface area contributed by atoms with Gasteiger partial charge in [-0.05, 0) is 49.9 Å². The second kappa shape index (κ2) is 7.19. The van der Waals surface area contributed by atoms with Crippen molar-refractivity contribution in [3.63, 3.8) is 0 Å². The molecule has 0 spiro atoms. The molecule has 1 saturated carbocycles. The Morgan fingerprint density at radius 1 is 1.17 bits per heavy atom. The number of rotatable bonds is 7. The van der Waals surface area contributed by atoms with Gasteiger partial charge in [0.05, 0.1) is 22.4 Å². The maximum Gasteiger partial charge on any atom is 0.294 e. The molecule has 4 rings (SSSR count). The van der Waals surface area contributed by atoms with E-state index >= 15 is 0 Å². The topological polar surface area (TPSA) is 95.8 Å². The third-order valence-electron chi connectivity index (χ3n) is 6.41. The van der Waals surface area contributed by atoms with Crippen molar-refractivity contribution in [3.8, 4) is 0 Å². The number of amides is 2. The van der Waals surface area contributed by atoms with Crippen LogP contribution in [0.25, 0.3) is 0 Å². The molecular formula is C22H28N4O4. The Hall–Kier alpha value is -2.74. The van der Waals surface area contributed by atoms with Crippen LogP contribution in [0.3, 0.4) is 0 Å². The number of hydrogen-bond acceptors (Lipinski definition) is 6. The first-order valence-electron chi connectivity index (χ1n) is 10.3. The van der Waals surface area contributed by atoms with Crippen molar-refractivity contribution in [1.29, 1.82) is 0 Å². The van der Waals surface area contributed by atoms with Gasteiger partial charge in [-0.15, -0.1) is 0 Å². The summed E-state index contributed by atoms with van der Waals surface area (Å²) in [6, 6.07) is 4.56. The van der Waals surface area contributed by atoms with Crippen molar-refractivity contribution in [3.05, 3.63) is 40.5 Å². The molecule has 3 aliphatic rings. The zero-order valence-corrected chi connectivity index (χ0v) is 17.8. The highest BCUT2D eigenvalue weighted by Crippen LogP contribution is 2.53. The van der Waals surface area contributed by atoms with Crippen LogP contribution in [0.15, 0.2) is 30.4 Å². The van der Waals surface area contributed by atoms with Crippen LogP contribution in [0.1, 0.15) is 20.3 Å². The van der Waals surface area contributed by atoms with Gasteiger partial charge < -0.3 is 10.2 Å². The molecule has 160 valence electrons. The fourth-order valence-corrected chi connectivity index (χ4v) is 5.36. The Morgan fingerprint density at radius 2 is 1.77 bits per heavy atom. The fourth-order valence-electron chi connectivity index (χ4n) is 5.36. The quantitative estimate of drug-likeness (QED) is 0.320. The van der Waals surface area contributed by atoms with E-state index in [1.165, 1.54) is 6.07 Å². The number of nitrogens with zero attached hydrogens (tertiary/aromatic N) is 3. The summed E-state index contributed by atoms with van der Waals surface area (Å²) in [4.78, 5) is 40.5. The number of imide groups is 1. The molecule has 1 N–H and O–H groups in total. The monoisotopic (exact) mass is 412 g/mol. The maximum atomic E-state index is 13.0. The summed E-state index contributed by atoms with van der Waals surface area (Å²) in [5.41, 5.74) is 0.438. The molecule has 1 heterocycles. The normalized spacial score (nSPS) is 27.3. The summed E-state index contributed by atoms with van der Waals surface area (Å²) in [6.45, 7) is 5.54. The number of nitrogens with one attached hydrogen (secondary N) is 1. The molecule has 30 heavy (non-hydrogen) atoms. The predicted octanol–water partition coefficient (Wildman–Crippen LogP) is 2.91. The summed E-state index contributed by atoms with van der Waals surface area (Å²) < 4.78 is 0. The van der Waals surface area contributed by atoms with Gasteiger partial charge in [0, 0.05) is 19.2 Å². The Bertz CT molecular complexity index is 909. The molecule has 0 radical (unpaired) electrons. The van der Waals surface area contributed by atoms with E-state index in [1.54, 1.807) is 12.1 Å². The van der Waals surface area contributed by atoms with Crippen LogP contribution in [0.5, 0.6) is 0 Å². The van der Waals surface area contributed by atoms with Crippen LogP contribution in [-0.4, -0.2) is 48.8 Å². The number of carbonyl (C=O) groups excluding carboxylic acids is 2. The van der Waals surface area contributed by atoms with Crippen molar-refractivity contribution < 1.29 is 14.5 Å². The maximum absolute atomic E-state index is 13.0. The molecule has 0 unspecified atom stereocenters. The second-order valence-electron chi connectivity index (χ2n) is 9.73. The molecule has 2 fully saturated rings. The van der Waals surface area contributed by atoms with E-state index in [4.69, 9.17) is 0 Å². The lowest BCUT2D eigenvalue weighted by atomic mass is 9.85. The Balaban J connectivity index is 1.58. The van der Waals surface area contributed by atoms with Crippen LogP contribution < -0.4 is 10.2 Å². The van der Waals surface area contributed by atoms with E-state index in [0.29, 0.717) is 12.2 Å². The third kappa shape index (κ3) is 3.39. The highest BCUT2D eigenvalue weighted by atomic mass is 16.6. The van der Waals surface area contributed by atoms with Gasteiger partial charge in [0.25, 0.3) is 5.69 Å². The SMILES string of the molecule is CN(C)CC(C)(C)CNc1ccc(N2C(=O)[C@H]3[C@H](C2=O)[C@H]2C=C[C@H]3C2)cc1[N+](=O)[O-]. The van der Waals surface area contributed by atoms with Gasteiger partial charge in [-0.25, -0.2) is 4.90 Å². The van der Waals surface area contributed by atoms with E-state index in [1.807, 2.05) is 26.2 Å². The van der Waals surface area contributed by atoms with Crippen molar-refractivity contribution >= 4 is 28.9 Å². The zero-order valence-electron chi connectivity index (χ0n) is 17.8. The summed E-state index contributed by atoms with van der Waals surface area (Å²) in [6.07, 6.45) is 4.92. The molecule has 2 amide bonds. The first kappa shape index (κ1) is 20.5. The largest absolute Gasteiger partial charge is 0.379 e. The van der Waals surface area contributed by atoms with Crippen LogP contribution in [-0.2, 0) is 9.59 Å². The minimum atomic E-state index is -0.470. The minimum Gasteiger partial charge on any atom is -0.379 e. The lowest BCUT2D eigenvalue weighted by molar-refractivity contribution is -0.383. The van der Waals surface area contributed by atoms with Gasteiger partial charge in [-0.3, -0.25) is 19.7 Å². The highest BCUT2D eigenvalue weighted by Gasteiger charge is 2.59. The number of nitro benzene ring substituents is 1. The van der Waals surface area contributed by atoms with Gasteiger partial charge in [0.2, 0.25) is 11.8 Å². The summed E-state index contributed by atoms with van der Waals surface area (Å²) in [5, 5.41) is 14.9. The Kier molecular flexibility index (Phi) is 4.92. The van der Waals surface area contributed by atoms with Crippen molar-refractivity contribution in [1.82, 2.24) is 4.90 Å².